The standard InChI is InChI=1S/C13H18N2/c1-11(2)13-14(3)9-10-15(13)12-7-5-4-6-8-12/h4-8H,9-10H2,1-3H3. The maximum atomic E-state index is 2.38. The normalized spacial score (nSPS) is 16.1. The summed E-state index contributed by atoms with van der Waals surface area (Å²) >= 11 is 0. The zero-order valence-corrected chi connectivity index (χ0v) is 9.70. The lowest BCUT2D eigenvalue weighted by atomic mass is 10.2. The first-order valence-electron chi connectivity index (χ1n) is 5.41. The lowest BCUT2D eigenvalue weighted by Gasteiger charge is -2.23. The van der Waals surface area contributed by atoms with Crippen LogP contribution in [0.25, 0.3) is 0 Å². The quantitative estimate of drug-likeness (QED) is 0.691. The zero-order valence-electron chi connectivity index (χ0n) is 9.70. The molecule has 0 amide bonds. The second-order valence-corrected chi connectivity index (χ2v) is 4.23. The van der Waals surface area contributed by atoms with Gasteiger partial charge in [0, 0.05) is 25.8 Å². The number of hydrogen-bond acceptors (Lipinski definition) is 2. The Balaban J connectivity index is 2.36. The van der Waals surface area contributed by atoms with Gasteiger partial charge in [-0.25, -0.2) is 0 Å². The predicted octanol–water partition coefficient (Wildman–Crippen LogP) is 2.69. The van der Waals surface area contributed by atoms with Gasteiger partial charge < -0.3 is 9.80 Å². The van der Waals surface area contributed by atoms with E-state index in [-0.39, 0.29) is 0 Å². The Kier molecular flexibility index (Phi) is 2.67. The van der Waals surface area contributed by atoms with Gasteiger partial charge in [0.15, 0.2) is 0 Å². The molecule has 1 fully saturated rings. The Morgan fingerprint density at radius 3 is 2.33 bits per heavy atom. The van der Waals surface area contributed by atoms with Gasteiger partial charge in [-0.05, 0) is 31.6 Å². The van der Waals surface area contributed by atoms with E-state index in [0.29, 0.717) is 0 Å². The number of hydrogen-bond donors (Lipinski definition) is 0. The SMILES string of the molecule is CC(C)=C1N(C)CCN1c1ccccc1. The third-order valence-electron chi connectivity index (χ3n) is 2.79. The molecule has 0 saturated carbocycles. The van der Waals surface area contributed by atoms with Crippen LogP contribution in [-0.2, 0) is 0 Å². The van der Waals surface area contributed by atoms with Crippen molar-refractivity contribution in [1.82, 2.24) is 4.90 Å². The van der Waals surface area contributed by atoms with Crippen molar-refractivity contribution < 1.29 is 0 Å². The van der Waals surface area contributed by atoms with Crippen LogP contribution in [0.1, 0.15) is 13.8 Å². The van der Waals surface area contributed by atoms with Gasteiger partial charge in [-0.3, -0.25) is 0 Å². The van der Waals surface area contributed by atoms with E-state index in [1.165, 1.54) is 17.1 Å². The second-order valence-electron chi connectivity index (χ2n) is 4.23. The number of likely N-dealkylation sites (N-methyl/N-ethyl adjacent to an activating group) is 1. The molecule has 0 spiro atoms. The van der Waals surface area contributed by atoms with Crippen molar-refractivity contribution in [2.24, 2.45) is 0 Å². The summed E-state index contributed by atoms with van der Waals surface area (Å²) in [4.78, 5) is 4.71. The fourth-order valence-electron chi connectivity index (χ4n) is 2.18. The van der Waals surface area contributed by atoms with Gasteiger partial charge in [0.1, 0.15) is 5.82 Å². The molecule has 0 atom stereocenters. The highest BCUT2D eigenvalue weighted by Crippen LogP contribution is 2.26. The molecule has 0 aliphatic carbocycles. The van der Waals surface area contributed by atoms with Crippen LogP contribution in [0.4, 0.5) is 5.69 Å². The molecule has 1 saturated heterocycles. The summed E-state index contributed by atoms with van der Waals surface area (Å²) in [5.74, 6) is 1.35. The molecule has 2 heteroatoms. The number of nitrogens with zero attached hydrogens (tertiary/aromatic N) is 2. The van der Waals surface area contributed by atoms with E-state index in [4.69, 9.17) is 0 Å². The van der Waals surface area contributed by atoms with Crippen LogP contribution in [0.3, 0.4) is 0 Å². The van der Waals surface area contributed by atoms with Crippen LogP contribution < -0.4 is 4.90 Å². The lowest BCUT2D eigenvalue weighted by Crippen LogP contribution is -2.21. The zero-order chi connectivity index (χ0) is 10.8. The van der Waals surface area contributed by atoms with Crippen molar-refractivity contribution in [3.8, 4) is 0 Å². The van der Waals surface area contributed by atoms with Crippen LogP contribution in [0.15, 0.2) is 41.7 Å². The first-order chi connectivity index (χ1) is 7.20. The molecular formula is C13H18N2. The maximum Gasteiger partial charge on any atom is 0.107 e. The Bertz CT molecular complexity index is 363. The average molecular weight is 202 g/mol. The first-order valence-corrected chi connectivity index (χ1v) is 5.41. The van der Waals surface area contributed by atoms with Gasteiger partial charge in [0.05, 0.1) is 0 Å². The molecule has 80 valence electrons. The smallest absolute Gasteiger partial charge is 0.107 e. The number of rotatable bonds is 1. The van der Waals surface area contributed by atoms with E-state index in [1.807, 2.05) is 0 Å². The van der Waals surface area contributed by atoms with Crippen LogP contribution in [0, 0.1) is 0 Å². The lowest BCUT2D eigenvalue weighted by molar-refractivity contribution is 0.482. The van der Waals surface area contributed by atoms with Crippen LogP contribution in [0.2, 0.25) is 0 Å². The molecule has 1 heterocycles. The van der Waals surface area contributed by atoms with Crippen molar-refractivity contribution in [1.29, 1.82) is 0 Å². The Morgan fingerprint density at radius 2 is 1.73 bits per heavy atom. The average Bonchev–Trinajstić information content (AvgIpc) is 2.61. The summed E-state index contributed by atoms with van der Waals surface area (Å²) in [5.41, 5.74) is 2.66. The predicted molar refractivity (Wildman–Crippen MR) is 64.8 cm³/mol. The highest BCUT2D eigenvalue weighted by molar-refractivity contribution is 5.53. The van der Waals surface area contributed by atoms with E-state index < -0.39 is 0 Å². The van der Waals surface area contributed by atoms with Crippen LogP contribution in [-0.4, -0.2) is 25.0 Å². The third-order valence-corrected chi connectivity index (χ3v) is 2.79. The van der Waals surface area contributed by atoms with Gasteiger partial charge >= 0.3 is 0 Å². The Hall–Kier alpha value is -1.44. The van der Waals surface area contributed by atoms with Gasteiger partial charge in [-0.15, -0.1) is 0 Å². The summed E-state index contributed by atoms with van der Waals surface area (Å²) in [7, 11) is 2.16. The molecule has 15 heavy (non-hydrogen) atoms. The summed E-state index contributed by atoms with van der Waals surface area (Å²) in [6.07, 6.45) is 0. The summed E-state index contributed by atoms with van der Waals surface area (Å²) in [6.45, 7) is 6.54. The van der Waals surface area contributed by atoms with Gasteiger partial charge in [0.2, 0.25) is 0 Å². The number of allylic oxidation sites excluding steroid dienone is 1. The molecule has 0 bridgehead atoms. The highest BCUT2D eigenvalue weighted by atomic mass is 15.4. The van der Waals surface area contributed by atoms with Gasteiger partial charge in [0.25, 0.3) is 0 Å². The molecule has 0 radical (unpaired) electrons. The minimum Gasteiger partial charge on any atom is -0.359 e. The number of benzene rings is 1. The number of anilines is 1. The topological polar surface area (TPSA) is 6.48 Å². The second kappa shape index (κ2) is 3.97. The monoisotopic (exact) mass is 202 g/mol. The Labute approximate surface area is 91.8 Å². The molecule has 0 N–H and O–H groups in total. The largest absolute Gasteiger partial charge is 0.359 e. The van der Waals surface area contributed by atoms with Crippen molar-refractivity contribution in [3.05, 3.63) is 41.7 Å². The number of para-hydroxylation sites is 1. The Morgan fingerprint density at radius 1 is 1.07 bits per heavy atom. The molecule has 1 aromatic rings. The maximum absolute atomic E-state index is 2.38. The molecule has 1 aliphatic rings. The van der Waals surface area contributed by atoms with Crippen LogP contribution in [0.5, 0.6) is 0 Å². The molecule has 0 unspecified atom stereocenters. The molecule has 0 aromatic heterocycles. The minimum atomic E-state index is 1.08. The summed E-state index contributed by atoms with van der Waals surface area (Å²) < 4.78 is 0. The van der Waals surface area contributed by atoms with Crippen molar-refractivity contribution in [3.63, 3.8) is 0 Å². The molecule has 2 nitrogen and oxygen atoms in total. The first kappa shape index (κ1) is 10.1. The fraction of sp³-hybridized carbons (Fsp3) is 0.385. The summed E-state index contributed by atoms with van der Waals surface area (Å²) in [5, 5.41) is 0. The van der Waals surface area contributed by atoms with Gasteiger partial charge in [-0.2, -0.15) is 0 Å². The molecular weight excluding hydrogens is 184 g/mol. The van der Waals surface area contributed by atoms with Crippen molar-refractivity contribution in [2.75, 3.05) is 25.0 Å². The van der Waals surface area contributed by atoms with Crippen molar-refractivity contribution in [2.45, 2.75) is 13.8 Å². The molecule has 1 aromatic carbocycles. The fourth-order valence-corrected chi connectivity index (χ4v) is 2.18. The van der Waals surface area contributed by atoms with Gasteiger partial charge in [-0.1, -0.05) is 18.2 Å². The highest BCUT2D eigenvalue weighted by Gasteiger charge is 2.23. The van der Waals surface area contributed by atoms with Crippen LogP contribution >= 0.6 is 0 Å². The summed E-state index contributed by atoms with van der Waals surface area (Å²) in [6, 6.07) is 10.6. The minimum absolute atomic E-state index is 1.08. The molecule has 1 aliphatic heterocycles. The molecule has 2 rings (SSSR count). The van der Waals surface area contributed by atoms with Crippen molar-refractivity contribution >= 4 is 5.69 Å². The van der Waals surface area contributed by atoms with E-state index in [1.54, 1.807) is 0 Å². The van der Waals surface area contributed by atoms with E-state index in [0.717, 1.165) is 13.1 Å². The third kappa shape index (κ3) is 1.84. The van der Waals surface area contributed by atoms with E-state index in [2.05, 4.69) is 61.0 Å². The van der Waals surface area contributed by atoms with E-state index in [9.17, 15) is 0 Å². The van der Waals surface area contributed by atoms with E-state index >= 15 is 0 Å².